The maximum Gasteiger partial charge on any atom is 0.244 e. The number of fused-ring (bicyclic) bond motifs is 1. The van der Waals surface area contributed by atoms with Crippen molar-refractivity contribution < 1.29 is 4.79 Å². The second-order valence-electron chi connectivity index (χ2n) is 4.76. The summed E-state index contributed by atoms with van der Waals surface area (Å²) in [7, 11) is 3.58. The summed E-state index contributed by atoms with van der Waals surface area (Å²) in [5.74, 6) is 1.05. The van der Waals surface area contributed by atoms with Crippen LogP contribution in [0.5, 0.6) is 0 Å². The largest absolute Gasteiger partial charge is 0.347 e. The van der Waals surface area contributed by atoms with Gasteiger partial charge in [0.15, 0.2) is 0 Å². The van der Waals surface area contributed by atoms with Gasteiger partial charge < -0.3 is 14.8 Å². The third-order valence-corrected chi connectivity index (χ3v) is 3.29. The normalized spacial score (nSPS) is 16.5. The fourth-order valence-electron chi connectivity index (χ4n) is 2.47. The number of carbonyl (C=O) groups is 1. The second kappa shape index (κ2) is 4.49. The van der Waals surface area contributed by atoms with Gasteiger partial charge in [0.05, 0.1) is 5.69 Å². The Morgan fingerprint density at radius 2 is 2.24 bits per heavy atom. The van der Waals surface area contributed by atoms with Gasteiger partial charge in [-0.05, 0) is 13.8 Å². The number of nitrogens with one attached hydrogen (secondary N) is 1. The second-order valence-corrected chi connectivity index (χ2v) is 4.76. The highest BCUT2D eigenvalue weighted by Crippen LogP contribution is 2.21. The van der Waals surface area contributed by atoms with E-state index in [2.05, 4.69) is 14.9 Å². The summed E-state index contributed by atoms with van der Waals surface area (Å²) in [6.07, 6.45) is 0.946. The molecule has 1 N–H and O–H groups in total. The van der Waals surface area contributed by atoms with E-state index in [-0.39, 0.29) is 11.9 Å². The number of hydrogen-bond acceptors (Lipinski definition) is 3. The van der Waals surface area contributed by atoms with Gasteiger partial charge in [0.2, 0.25) is 5.91 Å². The Labute approximate surface area is 102 Å². The Morgan fingerprint density at radius 1 is 1.53 bits per heavy atom. The molecule has 1 aliphatic heterocycles. The monoisotopic (exact) mass is 236 g/mol. The first kappa shape index (κ1) is 12.1. The molecule has 1 aliphatic rings. The number of likely N-dealkylation sites (N-methyl/N-ethyl adjacent to an activating group) is 1. The lowest BCUT2D eigenvalue weighted by molar-refractivity contribution is -0.131. The number of aromatic nitrogens is 2. The molecule has 1 amide bonds. The summed E-state index contributed by atoms with van der Waals surface area (Å²) in [6, 6.07) is -0.167. The molecule has 2 rings (SSSR count). The zero-order valence-electron chi connectivity index (χ0n) is 10.9. The Kier molecular flexibility index (Phi) is 3.19. The van der Waals surface area contributed by atoms with Crippen molar-refractivity contribution in [3.8, 4) is 0 Å². The predicted molar refractivity (Wildman–Crippen MR) is 65.8 cm³/mol. The molecule has 1 atom stereocenters. The summed E-state index contributed by atoms with van der Waals surface area (Å²) in [6.45, 7) is 5.68. The van der Waals surface area contributed by atoms with Crippen molar-refractivity contribution in [2.75, 3.05) is 20.6 Å². The van der Waals surface area contributed by atoms with Crippen molar-refractivity contribution >= 4 is 5.91 Å². The van der Waals surface area contributed by atoms with Crippen LogP contribution in [-0.2, 0) is 17.8 Å². The van der Waals surface area contributed by atoms with E-state index in [9.17, 15) is 4.79 Å². The number of amides is 1. The lowest BCUT2D eigenvalue weighted by Gasteiger charge is -2.23. The summed E-state index contributed by atoms with van der Waals surface area (Å²) in [5.41, 5.74) is 2.30. The fraction of sp³-hybridized carbons (Fsp3) is 0.667. The predicted octanol–water partition coefficient (Wildman–Crippen LogP) is 0.486. The molecule has 0 spiro atoms. The summed E-state index contributed by atoms with van der Waals surface area (Å²) >= 11 is 0. The van der Waals surface area contributed by atoms with Gasteiger partial charge in [0.25, 0.3) is 0 Å². The van der Waals surface area contributed by atoms with E-state index in [1.807, 2.05) is 13.8 Å². The molecule has 0 fully saturated rings. The zero-order chi connectivity index (χ0) is 12.6. The average Bonchev–Trinajstić information content (AvgIpc) is 2.62. The van der Waals surface area contributed by atoms with Crippen LogP contribution in [0.4, 0.5) is 0 Å². The van der Waals surface area contributed by atoms with Crippen molar-refractivity contribution in [2.24, 2.45) is 0 Å². The van der Waals surface area contributed by atoms with E-state index < -0.39 is 0 Å². The third kappa shape index (κ3) is 2.07. The van der Waals surface area contributed by atoms with E-state index in [0.717, 1.165) is 31.0 Å². The van der Waals surface area contributed by atoms with Crippen molar-refractivity contribution in [1.82, 2.24) is 19.8 Å². The third-order valence-electron chi connectivity index (χ3n) is 3.29. The molecule has 5 heteroatoms. The van der Waals surface area contributed by atoms with E-state index in [1.54, 1.807) is 19.0 Å². The van der Waals surface area contributed by atoms with Crippen LogP contribution in [0.1, 0.15) is 30.2 Å². The van der Waals surface area contributed by atoms with Gasteiger partial charge in [0, 0.05) is 39.3 Å². The number of aryl methyl sites for hydroxylation is 1. The zero-order valence-corrected chi connectivity index (χ0v) is 10.9. The molecule has 0 aromatic carbocycles. The first-order valence-electron chi connectivity index (χ1n) is 6.01. The van der Waals surface area contributed by atoms with Crippen LogP contribution in [0.15, 0.2) is 0 Å². The molecule has 0 aliphatic carbocycles. The van der Waals surface area contributed by atoms with Crippen molar-refractivity contribution in [1.29, 1.82) is 0 Å². The number of rotatable bonds is 2. The molecule has 0 saturated heterocycles. The molecule has 1 aromatic heterocycles. The standard InChI is InChI=1S/C12H20N4O/c1-8(12(17)15(3)4)16-9(2)14-10-7-13-6-5-11(10)16/h8,13H,5-7H2,1-4H3. The quantitative estimate of drug-likeness (QED) is 0.813. The topological polar surface area (TPSA) is 50.2 Å². The number of carbonyl (C=O) groups excluding carboxylic acids is 1. The number of nitrogens with zero attached hydrogens (tertiary/aromatic N) is 3. The van der Waals surface area contributed by atoms with Gasteiger partial charge in [-0.15, -0.1) is 0 Å². The van der Waals surface area contributed by atoms with Gasteiger partial charge in [-0.3, -0.25) is 4.79 Å². The fourth-order valence-corrected chi connectivity index (χ4v) is 2.47. The Balaban J connectivity index is 2.38. The first-order valence-corrected chi connectivity index (χ1v) is 6.01. The van der Waals surface area contributed by atoms with Crippen LogP contribution in [0.3, 0.4) is 0 Å². The lowest BCUT2D eigenvalue weighted by atomic mass is 10.1. The molecular weight excluding hydrogens is 216 g/mol. The summed E-state index contributed by atoms with van der Waals surface area (Å²) in [4.78, 5) is 18.2. The highest BCUT2D eigenvalue weighted by molar-refractivity contribution is 5.79. The molecule has 2 heterocycles. The minimum Gasteiger partial charge on any atom is -0.347 e. The van der Waals surface area contributed by atoms with Gasteiger partial charge >= 0.3 is 0 Å². The van der Waals surface area contributed by atoms with Crippen molar-refractivity contribution in [3.05, 3.63) is 17.2 Å². The molecule has 1 aromatic rings. The molecule has 0 bridgehead atoms. The van der Waals surface area contributed by atoms with E-state index in [4.69, 9.17) is 0 Å². The SMILES string of the molecule is Cc1nc2c(n1C(C)C(=O)N(C)C)CCNC2. The van der Waals surface area contributed by atoms with E-state index >= 15 is 0 Å². The Morgan fingerprint density at radius 3 is 2.88 bits per heavy atom. The van der Waals surface area contributed by atoms with Crippen LogP contribution in [0, 0.1) is 6.92 Å². The minimum absolute atomic E-state index is 0.117. The van der Waals surface area contributed by atoms with Crippen LogP contribution < -0.4 is 5.32 Å². The molecule has 17 heavy (non-hydrogen) atoms. The average molecular weight is 236 g/mol. The van der Waals surface area contributed by atoms with E-state index in [1.165, 1.54) is 5.69 Å². The summed E-state index contributed by atoms with van der Waals surface area (Å²) in [5, 5.41) is 3.30. The van der Waals surface area contributed by atoms with Gasteiger partial charge in [-0.1, -0.05) is 0 Å². The van der Waals surface area contributed by atoms with Gasteiger partial charge in [-0.25, -0.2) is 4.98 Å². The smallest absolute Gasteiger partial charge is 0.244 e. The Hall–Kier alpha value is -1.36. The van der Waals surface area contributed by atoms with Crippen LogP contribution >= 0.6 is 0 Å². The molecule has 94 valence electrons. The first-order chi connectivity index (χ1) is 8.02. The van der Waals surface area contributed by atoms with Gasteiger partial charge in [-0.2, -0.15) is 0 Å². The molecular formula is C12H20N4O. The minimum atomic E-state index is -0.167. The molecule has 0 saturated carbocycles. The van der Waals surface area contributed by atoms with Crippen LogP contribution in [0.2, 0.25) is 0 Å². The molecule has 5 nitrogen and oxygen atoms in total. The van der Waals surface area contributed by atoms with E-state index in [0.29, 0.717) is 0 Å². The highest BCUT2D eigenvalue weighted by Gasteiger charge is 2.25. The van der Waals surface area contributed by atoms with Crippen LogP contribution in [0.25, 0.3) is 0 Å². The van der Waals surface area contributed by atoms with Crippen molar-refractivity contribution in [2.45, 2.75) is 32.9 Å². The summed E-state index contributed by atoms with van der Waals surface area (Å²) < 4.78 is 2.08. The molecule has 0 radical (unpaired) electrons. The number of hydrogen-bond donors (Lipinski definition) is 1. The Bertz CT molecular complexity index is 436. The maximum absolute atomic E-state index is 12.0. The van der Waals surface area contributed by atoms with Crippen molar-refractivity contribution in [3.63, 3.8) is 0 Å². The molecule has 1 unspecified atom stereocenters. The number of imidazole rings is 1. The highest BCUT2D eigenvalue weighted by atomic mass is 16.2. The maximum atomic E-state index is 12.0. The van der Waals surface area contributed by atoms with Crippen LogP contribution in [-0.4, -0.2) is 41.0 Å². The lowest BCUT2D eigenvalue weighted by Crippen LogP contribution is -2.32. The van der Waals surface area contributed by atoms with Gasteiger partial charge in [0.1, 0.15) is 11.9 Å².